The van der Waals surface area contributed by atoms with Gasteiger partial charge in [-0.1, -0.05) is 6.92 Å². The largest absolute Gasteiger partial charge is 0.465 e. The molecule has 1 unspecified atom stereocenters. The number of carbonyl (C=O) groups excluding carboxylic acids is 1. The number of ether oxygens (including phenoxy) is 2. The van der Waals surface area contributed by atoms with E-state index in [0.717, 1.165) is 19.4 Å². The molecule has 1 N–H and O–H groups in total. The van der Waals surface area contributed by atoms with Crippen LogP contribution in [-0.2, 0) is 14.3 Å². The molecule has 0 amide bonds. The minimum atomic E-state index is -0.592. The Bertz CT molecular complexity index is 219. The molecule has 0 bridgehead atoms. The Hall–Kier alpha value is -0.610. The maximum absolute atomic E-state index is 11.9. The van der Waals surface area contributed by atoms with E-state index in [-0.39, 0.29) is 12.1 Å². The minimum Gasteiger partial charge on any atom is -0.465 e. The smallest absolute Gasteiger partial charge is 0.326 e. The van der Waals surface area contributed by atoms with E-state index < -0.39 is 5.54 Å². The molecule has 0 aromatic rings. The molecule has 17 heavy (non-hydrogen) atoms. The van der Waals surface area contributed by atoms with Crippen LogP contribution in [0.5, 0.6) is 0 Å². The molecule has 0 saturated carbocycles. The van der Waals surface area contributed by atoms with Crippen LogP contribution in [0.4, 0.5) is 0 Å². The van der Waals surface area contributed by atoms with E-state index in [9.17, 15) is 4.79 Å². The van der Waals surface area contributed by atoms with E-state index in [1.807, 2.05) is 34.6 Å². The van der Waals surface area contributed by atoms with E-state index in [1.165, 1.54) is 0 Å². The highest BCUT2D eigenvalue weighted by molar-refractivity contribution is 5.80. The highest BCUT2D eigenvalue weighted by Crippen LogP contribution is 2.15. The van der Waals surface area contributed by atoms with Gasteiger partial charge in [0, 0.05) is 6.61 Å². The zero-order chi connectivity index (χ0) is 13.3. The van der Waals surface area contributed by atoms with Crippen LogP contribution in [0.1, 0.15) is 47.5 Å². The van der Waals surface area contributed by atoms with Gasteiger partial charge in [-0.3, -0.25) is 4.79 Å². The number of esters is 1. The standard InChI is InChI=1S/C13H27NO3/c1-6-14-13(5,12(15)16-7-2)9-8-10-17-11(3)4/h11,14H,6-10H2,1-5H3. The Kier molecular flexibility index (Phi) is 8.17. The fourth-order valence-electron chi connectivity index (χ4n) is 1.69. The summed E-state index contributed by atoms with van der Waals surface area (Å²) in [7, 11) is 0. The first-order chi connectivity index (χ1) is 7.96. The second-order valence-corrected chi connectivity index (χ2v) is 4.61. The second kappa shape index (κ2) is 8.48. The summed E-state index contributed by atoms with van der Waals surface area (Å²) in [5.74, 6) is -0.175. The highest BCUT2D eigenvalue weighted by Gasteiger charge is 2.33. The third kappa shape index (κ3) is 6.64. The monoisotopic (exact) mass is 245 g/mol. The third-order valence-corrected chi connectivity index (χ3v) is 2.57. The summed E-state index contributed by atoms with van der Waals surface area (Å²) < 4.78 is 10.6. The summed E-state index contributed by atoms with van der Waals surface area (Å²) in [4.78, 5) is 11.9. The predicted octanol–water partition coefficient (Wildman–Crippen LogP) is 2.12. The molecular weight excluding hydrogens is 218 g/mol. The SMILES string of the molecule is CCNC(C)(CCCOC(C)C)C(=O)OCC. The summed E-state index contributed by atoms with van der Waals surface area (Å²) >= 11 is 0. The molecule has 0 aromatic carbocycles. The van der Waals surface area contributed by atoms with Crippen molar-refractivity contribution in [1.29, 1.82) is 0 Å². The number of nitrogens with one attached hydrogen (secondary N) is 1. The first-order valence-corrected chi connectivity index (χ1v) is 6.50. The molecule has 4 heteroatoms. The van der Waals surface area contributed by atoms with E-state index >= 15 is 0 Å². The van der Waals surface area contributed by atoms with Gasteiger partial charge in [-0.15, -0.1) is 0 Å². The van der Waals surface area contributed by atoms with Crippen LogP contribution in [-0.4, -0.2) is 37.4 Å². The molecule has 0 heterocycles. The molecular formula is C13H27NO3. The quantitative estimate of drug-likeness (QED) is 0.499. The Morgan fingerprint density at radius 3 is 2.47 bits per heavy atom. The van der Waals surface area contributed by atoms with Crippen molar-refractivity contribution in [1.82, 2.24) is 5.32 Å². The molecule has 1 atom stereocenters. The van der Waals surface area contributed by atoms with E-state index in [4.69, 9.17) is 9.47 Å². The Labute approximate surface area is 105 Å². The third-order valence-electron chi connectivity index (χ3n) is 2.57. The van der Waals surface area contributed by atoms with Gasteiger partial charge < -0.3 is 14.8 Å². The topological polar surface area (TPSA) is 47.6 Å². The summed E-state index contributed by atoms with van der Waals surface area (Å²) in [6.45, 7) is 11.6. The van der Waals surface area contributed by atoms with Gasteiger partial charge >= 0.3 is 5.97 Å². The second-order valence-electron chi connectivity index (χ2n) is 4.61. The van der Waals surface area contributed by atoms with Gasteiger partial charge in [-0.05, 0) is 47.1 Å². The van der Waals surface area contributed by atoms with Crippen LogP contribution >= 0.6 is 0 Å². The molecule has 0 aliphatic rings. The molecule has 102 valence electrons. The number of carbonyl (C=O) groups is 1. The van der Waals surface area contributed by atoms with Crippen LogP contribution in [0.3, 0.4) is 0 Å². The van der Waals surface area contributed by atoms with Crippen molar-refractivity contribution in [2.75, 3.05) is 19.8 Å². The van der Waals surface area contributed by atoms with Crippen molar-refractivity contribution in [2.45, 2.75) is 59.1 Å². The number of likely N-dealkylation sites (N-methyl/N-ethyl adjacent to an activating group) is 1. The van der Waals surface area contributed by atoms with Gasteiger partial charge in [0.05, 0.1) is 12.7 Å². The van der Waals surface area contributed by atoms with Crippen molar-refractivity contribution in [3.05, 3.63) is 0 Å². The first kappa shape index (κ1) is 16.4. The van der Waals surface area contributed by atoms with E-state index in [0.29, 0.717) is 13.2 Å². The van der Waals surface area contributed by atoms with Crippen molar-refractivity contribution < 1.29 is 14.3 Å². The van der Waals surface area contributed by atoms with Gasteiger partial charge in [0.25, 0.3) is 0 Å². The molecule has 0 aliphatic carbocycles. The molecule has 0 saturated heterocycles. The lowest BCUT2D eigenvalue weighted by Crippen LogP contribution is -2.50. The average Bonchev–Trinajstić information content (AvgIpc) is 2.25. The number of hydrogen-bond donors (Lipinski definition) is 1. The summed E-state index contributed by atoms with van der Waals surface area (Å²) in [6.07, 6.45) is 1.82. The molecule has 0 aliphatic heterocycles. The minimum absolute atomic E-state index is 0.175. The molecule has 0 fully saturated rings. The van der Waals surface area contributed by atoms with E-state index in [1.54, 1.807) is 0 Å². The molecule has 0 aromatic heterocycles. The van der Waals surface area contributed by atoms with Gasteiger partial charge in [-0.2, -0.15) is 0 Å². The van der Waals surface area contributed by atoms with Crippen LogP contribution in [0.25, 0.3) is 0 Å². The Balaban J connectivity index is 4.16. The maximum atomic E-state index is 11.9. The molecule has 0 spiro atoms. The zero-order valence-corrected chi connectivity index (χ0v) is 11.8. The lowest BCUT2D eigenvalue weighted by molar-refractivity contribution is -0.151. The van der Waals surface area contributed by atoms with E-state index in [2.05, 4.69) is 5.32 Å². The van der Waals surface area contributed by atoms with Gasteiger partial charge in [-0.25, -0.2) is 0 Å². The lowest BCUT2D eigenvalue weighted by Gasteiger charge is -2.28. The average molecular weight is 245 g/mol. The predicted molar refractivity (Wildman–Crippen MR) is 69.0 cm³/mol. The van der Waals surface area contributed by atoms with Crippen LogP contribution in [0, 0.1) is 0 Å². The summed E-state index contributed by atoms with van der Waals surface area (Å²) in [5.41, 5.74) is -0.592. The van der Waals surface area contributed by atoms with Gasteiger partial charge in [0.2, 0.25) is 0 Å². The first-order valence-electron chi connectivity index (χ1n) is 6.50. The number of hydrogen-bond acceptors (Lipinski definition) is 4. The van der Waals surface area contributed by atoms with Crippen LogP contribution in [0.15, 0.2) is 0 Å². The highest BCUT2D eigenvalue weighted by atomic mass is 16.5. The normalized spacial score (nSPS) is 14.7. The van der Waals surface area contributed by atoms with Crippen molar-refractivity contribution in [3.8, 4) is 0 Å². The molecule has 0 radical (unpaired) electrons. The van der Waals surface area contributed by atoms with Crippen LogP contribution < -0.4 is 5.32 Å². The lowest BCUT2D eigenvalue weighted by atomic mass is 9.96. The maximum Gasteiger partial charge on any atom is 0.326 e. The van der Waals surface area contributed by atoms with Crippen molar-refractivity contribution in [3.63, 3.8) is 0 Å². The molecule has 4 nitrogen and oxygen atoms in total. The van der Waals surface area contributed by atoms with Gasteiger partial charge in [0.1, 0.15) is 5.54 Å². The zero-order valence-electron chi connectivity index (χ0n) is 11.8. The van der Waals surface area contributed by atoms with Crippen molar-refractivity contribution in [2.24, 2.45) is 0 Å². The van der Waals surface area contributed by atoms with Crippen molar-refractivity contribution >= 4 is 5.97 Å². The Morgan fingerprint density at radius 1 is 1.35 bits per heavy atom. The summed E-state index contributed by atoms with van der Waals surface area (Å²) in [6, 6.07) is 0. The number of rotatable bonds is 9. The summed E-state index contributed by atoms with van der Waals surface area (Å²) in [5, 5.41) is 3.20. The van der Waals surface area contributed by atoms with Gasteiger partial charge in [0.15, 0.2) is 0 Å². The Morgan fingerprint density at radius 2 is 2.00 bits per heavy atom. The fourth-order valence-corrected chi connectivity index (χ4v) is 1.69. The molecule has 0 rings (SSSR count). The van der Waals surface area contributed by atoms with Crippen LogP contribution in [0.2, 0.25) is 0 Å². The fraction of sp³-hybridized carbons (Fsp3) is 0.923.